The van der Waals surface area contributed by atoms with Crippen LogP contribution in [-0.4, -0.2) is 13.0 Å². The molecule has 0 aliphatic heterocycles. The Kier molecular flexibility index (Phi) is 6.04. The Balaban J connectivity index is 1.66. The van der Waals surface area contributed by atoms with Gasteiger partial charge in [-0.1, -0.05) is 23.7 Å². The predicted octanol–water partition coefficient (Wildman–Crippen LogP) is 5.86. The van der Waals surface area contributed by atoms with Gasteiger partial charge in [-0.15, -0.1) is 11.3 Å². The molecule has 3 aromatic rings. The molecule has 1 N–H and O–H groups in total. The molecule has 0 saturated carbocycles. The molecule has 6 heteroatoms. The Morgan fingerprint density at radius 3 is 2.74 bits per heavy atom. The summed E-state index contributed by atoms with van der Waals surface area (Å²) in [5, 5.41) is 5.45. The molecule has 140 valence electrons. The fourth-order valence-electron chi connectivity index (χ4n) is 2.55. The van der Waals surface area contributed by atoms with Crippen LogP contribution < -0.4 is 14.8 Å². The number of hydrogen-bond acceptors (Lipinski definition) is 4. The summed E-state index contributed by atoms with van der Waals surface area (Å²) in [5.74, 6) is 1.21. The van der Waals surface area contributed by atoms with Crippen LogP contribution in [-0.2, 0) is 6.61 Å². The topological polar surface area (TPSA) is 47.6 Å². The van der Waals surface area contributed by atoms with E-state index >= 15 is 0 Å². The number of hydrogen-bond donors (Lipinski definition) is 1. The number of methoxy groups -OCH3 is 1. The van der Waals surface area contributed by atoms with Gasteiger partial charge in [-0.2, -0.15) is 0 Å². The van der Waals surface area contributed by atoms with Gasteiger partial charge in [0.2, 0.25) is 0 Å². The molecule has 0 radical (unpaired) electrons. The normalized spacial score (nSPS) is 10.5. The largest absolute Gasteiger partial charge is 0.493 e. The number of anilines is 1. The van der Waals surface area contributed by atoms with Gasteiger partial charge in [-0.25, -0.2) is 0 Å². The molecule has 0 spiro atoms. The summed E-state index contributed by atoms with van der Waals surface area (Å²) in [7, 11) is 1.62. The molecule has 1 amide bonds. The zero-order chi connectivity index (χ0) is 19.4. The molecule has 1 heterocycles. The van der Waals surface area contributed by atoms with Crippen LogP contribution in [0, 0.1) is 13.8 Å². The second kappa shape index (κ2) is 8.46. The number of benzene rings is 2. The monoisotopic (exact) mass is 401 g/mol. The van der Waals surface area contributed by atoms with Crippen molar-refractivity contribution < 1.29 is 14.3 Å². The van der Waals surface area contributed by atoms with Gasteiger partial charge >= 0.3 is 0 Å². The first-order valence-electron chi connectivity index (χ1n) is 8.39. The fraction of sp³-hybridized carbons (Fsp3) is 0.190. The van der Waals surface area contributed by atoms with E-state index in [4.69, 9.17) is 21.1 Å². The maximum Gasteiger partial charge on any atom is 0.265 e. The van der Waals surface area contributed by atoms with Gasteiger partial charge in [0.1, 0.15) is 6.61 Å². The minimum atomic E-state index is -0.162. The van der Waals surface area contributed by atoms with Crippen molar-refractivity contribution in [3.05, 3.63) is 74.4 Å². The highest BCUT2D eigenvalue weighted by molar-refractivity contribution is 7.12. The summed E-state index contributed by atoms with van der Waals surface area (Å²) in [4.78, 5) is 13.1. The van der Waals surface area contributed by atoms with Crippen molar-refractivity contribution in [2.75, 3.05) is 12.4 Å². The highest BCUT2D eigenvalue weighted by atomic mass is 35.5. The molecular formula is C21H20ClNO3S. The van der Waals surface area contributed by atoms with Crippen molar-refractivity contribution in [1.82, 2.24) is 0 Å². The number of thiophene rings is 1. The summed E-state index contributed by atoms with van der Waals surface area (Å²) in [5.41, 5.74) is 3.59. The van der Waals surface area contributed by atoms with E-state index < -0.39 is 0 Å². The smallest absolute Gasteiger partial charge is 0.265 e. The second-order valence-corrected chi connectivity index (χ2v) is 7.45. The Morgan fingerprint density at radius 2 is 1.96 bits per heavy atom. The van der Waals surface area contributed by atoms with Gasteiger partial charge in [0, 0.05) is 16.3 Å². The molecule has 3 rings (SSSR count). The average Bonchev–Trinajstić information content (AvgIpc) is 3.13. The first-order valence-corrected chi connectivity index (χ1v) is 9.65. The van der Waals surface area contributed by atoms with Crippen molar-refractivity contribution in [2.24, 2.45) is 0 Å². The predicted molar refractivity (Wildman–Crippen MR) is 111 cm³/mol. The lowest BCUT2D eigenvalue weighted by Gasteiger charge is -2.10. The Labute approximate surface area is 167 Å². The van der Waals surface area contributed by atoms with Crippen molar-refractivity contribution in [3.8, 4) is 11.5 Å². The summed E-state index contributed by atoms with van der Waals surface area (Å²) in [6, 6.07) is 13.1. The van der Waals surface area contributed by atoms with E-state index in [9.17, 15) is 4.79 Å². The summed E-state index contributed by atoms with van der Waals surface area (Å²) >= 11 is 7.48. The summed E-state index contributed by atoms with van der Waals surface area (Å²) in [6.07, 6.45) is 0. The number of halogens is 1. The van der Waals surface area contributed by atoms with Gasteiger partial charge in [-0.3, -0.25) is 4.79 Å². The molecule has 0 saturated heterocycles. The first-order chi connectivity index (χ1) is 13.0. The molecule has 0 unspecified atom stereocenters. The molecule has 1 aromatic heterocycles. The summed E-state index contributed by atoms with van der Waals surface area (Å²) in [6.45, 7) is 4.23. The number of ether oxygens (including phenoxy) is 2. The van der Waals surface area contributed by atoms with E-state index in [1.165, 1.54) is 11.3 Å². The van der Waals surface area contributed by atoms with E-state index in [1.54, 1.807) is 13.2 Å². The number of rotatable bonds is 6. The Hall–Kier alpha value is -2.50. The van der Waals surface area contributed by atoms with Crippen LogP contribution in [0.2, 0.25) is 5.02 Å². The van der Waals surface area contributed by atoms with E-state index in [0.717, 1.165) is 16.7 Å². The van der Waals surface area contributed by atoms with Crippen LogP contribution in [0.4, 0.5) is 5.69 Å². The minimum Gasteiger partial charge on any atom is -0.493 e. The zero-order valence-electron chi connectivity index (χ0n) is 15.3. The number of nitrogens with one attached hydrogen (secondary N) is 1. The Morgan fingerprint density at radius 1 is 1.15 bits per heavy atom. The second-order valence-electron chi connectivity index (χ2n) is 6.13. The van der Waals surface area contributed by atoms with E-state index in [-0.39, 0.29) is 5.91 Å². The first kappa shape index (κ1) is 19.3. The fourth-order valence-corrected chi connectivity index (χ4v) is 3.52. The standard InChI is InChI=1S/C21H20ClNO3S/c1-13-7-8-18(19(9-13)25-3)26-11-15-10-20(27-12-15)21(24)23-17-6-4-5-16(22)14(17)2/h4-10,12H,11H2,1-3H3,(H,23,24). The quantitative estimate of drug-likeness (QED) is 0.562. The van der Waals surface area contributed by atoms with Gasteiger partial charge in [0.05, 0.1) is 12.0 Å². The maximum absolute atomic E-state index is 12.5. The lowest BCUT2D eigenvalue weighted by atomic mass is 10.2. The van der Waals surface area contributed by atoms with E-state index in [2.05, 4.69) is 5.32 Å². The van der Waals surface area contributed by atoms with Crippen LogP contribution in [0.3, 0.4) is 0 Å². The maximum atomic E-state index is 12.5. The van der Waals surface area contributed by atoms with Gasteiger partial charge in [0.25, 0.3) is 5.91 Å². The van der Waals surface area contributed by atoms with Crippen molar-refractivity contribution in [2.45, 2.75) is 20.5 Å². The van der Waals surface area contributed by atoms with Crippen LogP contribution >= 0.6 is 22.9 Å². The number of aryl methyl sites for hydroxylation is 1. The molecule has 4 nitrogen and oxygen atoms in total. The molecule has 0 aliphatic carbocycles. The van der Waals surface area contributed by atoms with Gasteiger partial charge in [0.15, 0.2) is 11.5 Å². The highest BCUT2D eigenvalue weighted by Crippen LogP contribution is 2.29. The van der Waals surface area contributed by atoms with Crippen molar-refractivity contribution >= 4 is 34.5 Å². The third-order valence-corrected chi connectivity index (χ3v) is 5.49. The highest BCUT2D eigenvalue weighted by Gasteiger charge is 2.12. The van der Waals surface area contributed by atoms with Crippen LogP contribution in [0.5, 0.6) is 11.5 Å². The van der Waals surface area contributed by atoms with Gasteiger partial charge < -0.3 is 14.8 Å². The molecule has 0 fully saturated rings. The molecule has 0 bridgehead atoms. The van der Waals surface area contributed by atoms with Crippen molar-refractivity contribution in [1.29, 1.82) is 0 Å². The van der Waals surface area contributed by atoms with E-state index in [1.807, 2.05) is 55.6 Å². The molecular weight excluding hydrogens is 382 g/mol. The van der Waals surface area contributed by atoms with Crippen LogP contribution in [0.15, 0.2) is 47.8 Å². The van der Waals surface area contributed by atoms with E-state index in [0.29, 0.717) is 33.7 Å². The summed E-state index contributed by atoms with van der Waals surface area (Å²) < 4.78 is 11.2. The lowest BCUT2D eigenvalue weighted by Crippen LogP contribution is -2.11. The molecule has 2 aromatic carbocycles. The van der Waals surface area contributed by atoms with Gasteiger partial charge in [-0.05, 0) is 60.7 Å². The van der Waals surface area contributed by atoms with Crippen LogP contribution in [0.25, 0.3) is 0 Å². The van der Waals surface area contributed by atoms with Crippen LogP contribution in [0.1, 0.15) is 26.4 Å². The Bertz CT molecular complexity index is 968. The molecule has 0 atom stereocenters. The lowest BCUT2D eigenvalue weighted by molar-refractivity contribution is 0.103. The van der Waals surface area contributed by atoms with Crippen molar-refractivity contribution in [3.63, 3.8) is 0 Å². The number of carbonyl (C=O) groups excluding carboxylic acids is 1. The number of carbonyl (C=O) groups is 1. The third kappa shape index (κ3) is 4.62. The third-order valence-electron chi connectivity index (χ3n) is 4.11. The minimum absolute atomic E-state index is 0.162. The molecule has 27 heavy (non-hydrogen) atoms. The number of amides is 1. The SMILES string of the molecule is COc1cc(C)ccc1OCc1csc(C(=O)Nc2cccc(Cl)c2C)c1. The average molecular weight is 402 g/mol. The zero-order valence-corrected chi connectivity index (χ0v) is 16.9. The molecule has 0 aliphatic rings.